The lowest BCUT2D eigenvalue weighted by Crippen LogP contribution is -2.15. The van der Waals surface area contributed by atoms with Gasteiger partial charge in [0.25, 0.3) is 0 Å². The fraction of sp³-hybridized carbons (Fsp3) is 0.571. The third-order valence-corrected chi connectivity index (χ3v) is 1.44. The van der Waals surface area contributed by atoms with Gasteiger partial charge in [-0.3, -0.25) is 0 Å². The Hall–Kier alpha value is -0.990. The molecule has 3 heteroatoms. The Morgan fingerprint density at radius 3 is 3.00 bits per heavy atom. The zero-order valence-electron chi connectivity index (χ0n) is 5.83. The summed E-state index contributed by atoms with van der Waals surface area (Å²) in [6, 6.07) is 0. The van der Waals surface area contributed by atoms with Gasteiger partial charge in [-0.25, -0.2) is 4.79 Å². The van der Waals surface area contributed by atoms with Crippen molar-refractivity contribution >= 4 is 5.97 Å². The zero-order valence-corrected chi connectivity index (χ0v) is 5.83. The van der Waals surface area contributed by atoms with E-state index < -0.39 is 5.97 Å². The van der Waals surface area contributed by atoms with Crippen LogP contribution in [0, 0.1) is 5.92 Å². The Kier molecular flexibility index (Phi) is 1.94. The van der Waals surface area contributed by atoms with E-state index in [1.54, 1.807) is 6.08 Å². The molecule has 0 aliphatic carbocycles. The van der Waals surface area contributed by atoms with Crippen molar-refractivity contribution in [1.29, 1.82) is 0 Å². The SMILES string of the molecule is CC1CC=C(C(=O)O)OC1. The highest BCUT2D eigenvalue weighted by atomic mass is 16.5. The van der Waals surface area contributed by atoms with Crippen molar-refractivity contribution < 1.29 is 14.6 Å². The van der Waals surface area contributed by atoms with E-state index in [4.69, 9.17) is 9.84 Å². The number of hydrogen-bond donors (Lipinski definition) is 1. The predicted octanol–water partition coefficient (Wildman–Crippen LogP) is 1.01. The number of allylic oxidation sites excluding steroid dienone is 1. The van der Waals surface area contributed by atoms with Crippen LogP contribution >= 0.6 is 0 Å². The predicted molar refractivity (Wildman–Crippen MR) is 35.5 cm³/mol. The van der Waals surface area contributed by atoms with Crippen LogP contribution in [0.5, 0.6) is 0 Å². The fourth-order valence-electron chi connectivity index (χ4n) is 0.816. The van der Waals surface area contributed by atoms with Gasteiger partial charge in [0.2, 0.25) is 0 Å². The normalized spacial score (nSPS) is 24.9. The van der Waals surface area contributed by atoms with Crippen LogP contribution in [-0.4, -0.2) is 17.7 Å². The van der Waals surface area contributed by atoms with Gasteiger partial charge in [-0.1, -0.05) is 6.92 Å². The van der Waals surface area contributed by atoms with Crippen LogP contribution in [0.25, 0.3) is 0 Å². The number of ether oxygens (including phenoxy) is 1. The second-order valence-corrected chi connectivity index (χ2v) is 2.53. The van der Waals surface area contributed by atoms with Crippen LogP contribution in [0.2, 0.25) is 0 Å². The summed E-state index contributed by atoms with van der Waals surface area (Å²) in [5.41, 5.74) is 0. The maximum atomic E-state index is 10.3. The molecule has 1 heterocycles. The summed E-state index contributed by atoms with van der Waals surface area (Å²) in [6.45, 7) is 2.55. The third-order valence-electron chi connectivity index (χ3n) is 1.44. The van der Waals surface area contributed by atoms with E-state index in [2.05, 4.69) is 0 Å². The molecule has 0 aromatic heterocycles. The highest BCUT2D eigenvalue weighted by Gasteiger charge is 2.15. The Labute approximate surface area is 59.3 Å². The minimum absolute atomic E-state index is 0.0955. The number of carboxylic acid groups (broad SMARTS) is 1. The molecule has 0 aromatic carbocycles. The molecule has 0 saturated heterocycles. The molecule has 56 valence electrons. The molecule has 3 nitrogen and oxygen atoms in total. The van der Waals surface area contributed by atoms with Gasteiger partial charge >= 0.3 is 5.97 Å². The first-order chi connectivity index (χ1) is 4.70. The van der Waals surface area contributed by atoms with E-state index in [0.717, 1.165) is 6.42 Å². The second kappa shape index (κ2) is 2.73. The van der Waals surface area contributed by atoms with Crippen LogP contribution in [0.15, 0.2) is 11.8 Å². The lowest BCUT2D eigenvalue weighted by molar-refractivity contribution is -0.137. The van der Waals surface area contributed by atoms with Gasteiger partial charge in [-0.2, -0.15) is 0 Å². The fourth-order valence-corrected chi connectivity index (χ4v) is 0.816. The molecule has 10 heavy (non-hydrogen) atoms. The molecule has 1 rings (SSSR count). The summed E-state index contributed by atoms with van der Waals surface area (Å²) in [6.07, 6.45) is 2.43. The molecular weight excluding hydrogens is 132 g/mol. The van der Waals surface area contributed by atoms with Crippen molar-refractivity contribution in [1.82, 2.24) is 0 Å². The molecule has 1 unspecified atom stereocenters. The van der Waals surface area contributed by atoms with E-state index in [1.807, 2.05) is 6.92 Å². The molecule has 0 bridgehead atoms. The first-order valence-corrected chi connectivity index (χ1v) is 3.26. The number of carbonyl (C=O) groups is 1. The summed E-state index contributed by atoms with van der Waals surface area (Å²) < 4.78 is 4.91. The second-order valence-electron chi connectivity index (χ2n) is 2.53. The summed E-state index contributed by atoms with van der Waals surface area (Å²) in [7, 11) is 0. The number of carboxylic acids is 1. The highest BCUT2D eigenvalue weighted by Crippen LogP contribution is 2.14. The smallest absolute Gasteiger partial charge is 0.370 e. The average Bonchev–Trinajstić information content (AvgIpc) is 1.88. The van der Waals surface area contributed by atoms with Gasteiger partial charge < -0.3 is 9.84 Å². The van der Waals surface area contributed by atoms with E-state index >= 15 is 0 Å². The number of hydrogen-bond acceptors (Lipinski definition) is 2. The maximum Gasteiger partial charge on any atom is 0.370 e. The van der Waals surface area contributed by atoms with E-state index in [1.165, 1.54) is 0 Å². The lowest BCUT2D eigenvalue weighted by Gasteiger charge is -2.16. The van der Waals surface area contributed by atoms with Gasteiger partial charge in [0.15, 0.2) is 5.76 Å². The summed E-state index contributed by atoms with van der Waals surface area (Å²) >= 11 is 0. The quantitative estimate of drug-likeness (QED) is 0.594. The van der Waals surface area contributed by atoms with Crippen molar-refractivity contribution in [2.45, 2.75) is 13.3 Å². The molecule has 0 aromatic rings. The first kappa shape index (κ1) is 7.12. The molecule has 1 aliphatic rings. The van der Waals surface area contributed by atoms with E-state index in [9.17, 15) is 4.79 Å². The monoisotopic (exact) mass is 142 g/mol. The molecule has 0 spiro atoms. The number of rotatable bonds is 1. The van der Waals surface area contributed by atoms with E-state index in [0.29, 0.717) is 12.5 Å². The zero-order chi connectivity index (χ0) is 7.56. The Morgan fingerprint density at radius 2 is 2.60 bits per heavy atom. The van der Waals surface area contributed by atoms with E-state index in [-0.39, 0.29) is 5.76 Å². The Bertz CT molecular complexity index is 172. The molecule has 1 aliphatic heterocycles. The summed E-state index contributed by atoms with van der Waals surface area (Å²) in [5.74, 6) is -0.423. The Morgan fingerprint density at radius 1 is 1.90 bits per heavy atom. The van der Waals surface area contributed by atoms with Crippen molar-refractivity contribution in [3.63, 3.8) is 0 Å². The molecule has 0 amide bonds. The van der Waals surface area contributed by atoms with Crippen LogP contribution in [0.4, 0.5) is 0 Å². The molecule has 0 fully saturated rings. The van der Waals surface area contributed by atoms with Gasteiger partial charge in [-0.05, 0) is 18.4 Å². The van der Waals surface area contributed by atoms with Crippen molar-refractivity contribution in [3.8, 4) is 0 Å². The van der Waals surface area contributed by atoms with Crippen molar-refractivity contribution in [3.05, 3.63) is 11.8 Å². The van der Waals surface area contributed by atoms with Crippen LogP contribution in [0.3, 0.4) is 0 Å². The van der Waals surface area contributed by atoms with Gasteiger partial charge in [0.1, 0.15) is 0 Å². The minimum atomic E-state index is -0.966. The number of aliphatic carboxylic acids is 1. The standard InChI is InChI=1S/C7H10O3/c1-5-2-3-6(7(8)9)10-4-5/h3,5H,2,4H2,1H3,(H,8,9). The van der Waals surface area contributed by atoms with Crippen LogP contribution in [0.1, 0.15) is 13.3 Å². The molecule has 0 radical (unpaired) electrons. The van der Waals surface area contributed by atoms with Crippen LogP contribution in [-0.2, 0) is 9.53 Å². The lowest BCUT2D eigenvalue weighted by atomic mass is 10.1. The Balaban J connectivity index is 2.56. The first-order valence-electron chi connectivity index (χ1n) is 3.26. The van der Waals surface area contributed by atoms with Gasteiger partial charge in [0, 0.05) is 0 Å². The molecular formula is C7H10O3. The van der Waals surface area contributed by atoms with Crippen molar-refractivity contribution in [2.24, 2.45) is 5.92 Å². The third kappa shape index (κ3) is 1.50. The highest BCUT2D eigenvalue weighted by molar-refractivity contribution is 5.84. The van der Waals surface area contributed by atoms with Gasteiger partial charge in [0.05, 0.1) is 6.61 Å². The molecule has 0 saturated carbocycles. The van der Waals surface area contributed by atoms with Gasteiger partial charge in [-0.15, -0.1) is 0 Å². The van der Waals surface area contributed by atoms with Crippen LogP contribution < -0.4 is 0 Å². The molecule has 1 N–H and O–H groups in total. The average molecular weight is 142 g/mol. The largest absolute Gasteiger partial charge is 0.486 e. The molecule has 1 atom stereocenters. The summed E-state index contributed by atoms with van der Waals surface area (Å²) in [5, 5.41) is 8.43. The maximum absolute atomic E-state index is 10.3. The minimum Gasteiger partial charge on any atom is -0.486 e. The van der Waals surface area contributed by atoms with Crippen molar-refractivity contribution in [2.75, 3.05) is 6.61 Å². The topological polar surface area (TPSA) is 46.5 Å². The summed E-state index contributed by atoms with van der Waals surface area (Å²) in [4.78, 5) is 10.3.